The quantitative estimate of drug-likeness (QED) is 0.872. The molecule has 0 aromatic carbocycles. The van der Waals surface area contributed by atoms with Gasteiger partial charge >= 0.3 is 0 Å². The lowest BCUT2D eigenvalue weighted by atomic mass is 10.2. The Morgan fingerprint density at radius 3 is 2.83 bits per heavy atom. The van der Waals surface area contributed by atoms with Crippen molar-refractivity contribution in [3.05, 3.63) is 16.1 Å². The first-order valence-corrected chi connectivity index (χ1v) is 6.90. The van der Waals surface area contributed by atoms with Crippen LogP contribution < -0.4 is 10.6 Å². The zero-order chi connectivity index (χ0) is 13.0. The average molecular weight is 290 g/mol. The van der Waals surface area contributed by atoms with Crippen molar-refractivity contribution in [3.63, 3.8) is 0 Å². The molecule has 1 aliphatic heterocycles. The first-order valence-electron chi connectivity index (χ1n) is 6.15. The van der Waals surface area contributed by atoms with E-state index in [-0.39, 0.29) is 6.04 Å². The van der Waals surface area contributed by atoms with Crippen LogP contribution in [0.25, 0.3) is 0 Å². The van der Waals surface area contributed by atoms with E-state index in [2.05, 4.69) is 22.5 Å². The Labute approximate surface area is 117 Å². The first kappa shape index (κ1) is 13.7. The summed E-state index contributed by atoms with van der Waals surface area (Å²) in [6.07, 6.45) is 1.98. The SMILES string of the molecule is CCCNc1nc(NC2CCOC2)c(Cl)cc1Cl. The Kier molecular flexibility index (Phi) is 4.92. The predicted octanol–water partition coefficient (Wildman–Crippen LogP) is 3.41. The molecule has 0 bridgehead atoms. The van der Waals surface area contributed by atoms with Gasteiger partial charge in [-0.3, -0.25) is 0 Å². The number of hydrogen-bond donors (Lipinski definition) is 2. The standard InChI is InChI=1S/C12H17Cl2N3O/c1-2-4-15-11-9(13)6-10(14)12(17-11)16-8-3-5-18-7-8/h6,8H,2-5,7H2,1H3,(H2,15,16,17). The minimum Gasteiger partial charge on any atom is -0.379 e. The van der Waals surface area contributed by atoms with Crippen molar-refractivity contribution in [2.24, 2.45) is 0 Å². The van der Waals surface area contributed by atoms with E-state index in [0.29, 0.717) is 28.3 Å². The molecular formula is C12H17Cl2N3O. The number of hydrogen-bond acceptors (Lipinski definition) is 4. The van der Waals surface area contributed by atoms with Crippen LogP contribution in [0.2, 0.25) is 10.0 Å². The highest BCUT2D eigenvalue weighted by Gasteiger charge is 2.18. The molecule has 1 aliphatic rings. The molecule has 1 saturated heterocycles. The van der Waals surface area contributed by atoms with Crippen molar-refractivity contribution in [3.8, 4) is 0 Å². The highest BCUT2D eigenvalue weighted by molar-refractivity contribution is 6.37. The molecule has 2 rings (SSSR count). The van der Waals surface area contributed by atoms with E-state index in [4.69, 9.17) is 27.9 Å². The van der Waals surface area contributed by atoms with Gasteiger partial charge in [0, 0.05) is 13.2 Å². The van der Waals surface area contributed by atoms with Gasteiger partial charge < -0.3 is 15.4 Å². The summed E-state index contributed by atoms with van der Waals surface area (Å²) in [5, 5.41) is 7.55. The van der Waals surface area contributed by atoms with Gasteiger partial charge in [-0.05, 0) is 18.9 Å². The Morgan fingerprint density at radius 1 is 1.39 bits per heavy atom. The van der Waals surface area contributed by atoms with E-state index >= 15 is 0 Å². The van der Waals surface area contributed by atoms with Crippen molar-refractivity contribution < 1.29 is 4.74 Å². The summed E-state index contributed by atoms with van der Waals surface area (Å²) < 4.78 is 5.31. The number of pyridine rings is 1. The van der Waals surface area contributed by atoms with Gasteiger partial charge in [-0.25, -0.2) is 4.98 Å². The van der Waals surface area contributed by atoms with Gasteiger partial charge in [0.2, 0.25) is 0 Å². The minimum absolute atomic E-state index is 0.273. The fourth-order valence-electron chi connectivity index (χ4n) is 1.78. The van der Waals surface area contributed by atoms with Crippen molar-refractivity contribution in [2.75, 3.05) is 30.4 Å². The third kappa shape index (κ3) is 3.40. The van der Waals surface area contributed by atoms with Crippen LogP contribution >= 0.6 is 23.2 Å². The fourth-order valence-corrected chi connectivity index (χ4v) is 2.26. The van der Waals surface area contributed by atoms with Crippen LogP contribution in [0, 0.1) is 0 Å². The molecule has 1 aromatic heterocycles. The van der Waals surface area contributed by atoms with Gasteiger partial charge in [0.15, 0.2) is 0 Å². The zero-order valence-electron chi connectivity index (χ0n) is 10.3. The Bertz CT molecular complexity index is 409. The molecular weight excluding hydrogens is 273 g/mol. The Hall–Kier alpha value is -0.710. The van der Waals surface area contributed by atoms with Crippen LogP contribution in [0.3, 0.4) is 0 Å². The number of ether oxygens (including phenoxy) is 1. The van der Waals surface area contributed by atoms with E-state index in [9.17, 15) is 0 Å². The number of rotatable bonds is 5. The van der Waals surface area contributed by atoms with Crippen LogP contribution in [0.1, 0.15) is 19.8 Å². The average Bonchev–Trinajstić information content (AvgIpc) is 2.84. The lowest BCUT2D eigenvalue weighted by Gasteiger charge is -2.15. The van der Waals surface area contributed by atoms with E-state index in [1.54, 1.807) is 6.07 Å². The van der Waals surface area contributed by atoms with Crippen molar-refractivity contribution in [1.29, 1.82) is 0 Å². The molecule has 0 radical (unpaired) electrons. The normalized spacial score (nSPS) is 18.9. The topological polar surface area (TPSA) is 46.2 Å². The number of nitrogens with one attached hydrogen (secondary N) is 2. The van der Waals surface area contributed by atoms with Crippen LogP contribution in [0.15, 0.2) is 6.07 Å². The highest BCUT2D eigenvalue weighted by Crippen LogP contribution is 2.30. The van der Waals surface area contributed by atoms with E-state index in [0.717, 1.165) is 26.0 Å². The molecule has 1 unspecified atom stereocenters. The maximum Gasteiger partial charge on any atom is 0.147 e. The van der Waals surface area contributed by atoms with E-state index in [1.807, 2.05) is 0 Å². The van der Waals surface area contributed by atoms with Crippen molar-refractivity contribution >= 4 is 34.8 Å². The second-order valence-corrected chi connectivity index (χ2v) is 5.10. The summed E-state index contributed by atoms with van der Waals surface area (Å²) >= 11 is 12.2. The highest BCUT2D eigenvalue weighted by atomic mass is 35.5. The summed E-state index contributed by atoms with van der Waals surface area (Å²) in [5.41, 5.74) is 0. The molecule has 0 amide bonds. The van der Waals surface area contributed by atoms with E-state index < -0.39 is 0 Å². The molecule has 1 atom stereocenters. The number of aromatic nitrogens is 1. The largest absolute Gasteiger partial charge is 0.379 e. The third-order valence-corrected chi connectivity index (χ3v) is 3.32. The van der Waals surface area contributed by atoms with Gasteiger partial charge in [-0.15, -0.1) is 0 Å². The Balaban J connectivity index is 2.12. The molecule has 4 nitrogen and oxygen atoms in total. The summed E-state index contributed by atoms with van der Waals surface area (Å²) in [4.78, 5) is 4.43. The molecule has 0 saturated carbocycles. The van der Waals surface area contributed by atoms with Crippen LogP contribution in [0.4, 0.5) is 11.6 Å². The minimum atomic E-state index is 0.273. The second-order valence-electron chi connectivity index (χ2n) is 4.28. The Morgan fingerprint density at radius 2 is 2.17 bits per heavy atom. The van der Waals surface area contributed by atoms with Crippen LogP contribution in [0.5, 0.6) is 0 Å². The maximum absolute atomic E-state index is 6.14. The molecule has 1 aromatic rings. The zero-order valence-corrected chi connectivity index (χ0v) is 11.8. The number of nitrogens with zero attached hydrogens (tertiary/aromatic N) is 1. The molecule has 2 heterocycles. The molecule has 2 N–H and O–H groups in total. The van der Waals surface area contributed by atoms with Gasteiger partial charge in [0.25, 0.3) is 0 Å². The summed E-state index contributed by atoms with van der Waals surface area (Å²) in [6.45, 7) is 4.40. The smallest absolute Gasteiger partial charge is 0.147 e. The maximum atomic E-state index is 6.14. The first-order chi connectivity index (χ1) is 8.70. The predicted molar refractivity (Wildman–Crippen MR) is 75.9 cm³/mol. The van der Waals surface area contributed by atoms with E-state index in [1.165, 1.54) is 0 Å². The third-order valence-electron chi connectivity index (χ3n) is 2.74. The van der Waals surface area contributed by atoms with Crippen LogP contribution in [-0.4, -0.2) is 30.8 Å². The molecule has 18 heavy (non-hydrogen) atoms. The van der Waals surface area contributed by atoms with Gasteiger partial charge in [0.1, 0.15) is 11.6 Å². The summed E-state index contributed by atoms with van der Waals surface area (Å²) in [5.74, 6) is 1.33. The van der Waals surface area contributed by atoms with Crippen molar-refractivity contribution in [2.45, 2.75) is 25.8 Å². The molecule has 0 spiro atoms. The second kappa shape index (κ2) is 6.45. The van der Waals surface area contributed by atoms with Gasteiger partial charge in [0.05, 0.1) is 22.7 Å². The molecule has 1 fully saturated rings. The van der Waals surface area contributed by atoms with Gasteiger partial charge in [-0.2, -0.15) is 0 Å². The van der Waals surface area contributed by atoms with Crippen LogP contribution in [-0.2, 0) is 4.74 Å². The molecule has 6 heteroatoms. The monoisotopic (exact) mass is 289 g/mol. The summed E-state index contributed by atoms with van der Waals surface area (Å²) in [7, 11) is 0. The summed E-state index contributed by atoms with van der Waals surface area (Å²) in [6, 6.07) is 1.99. The number of anilines is 2. The number of halogens is 2. The molecule has 0 aliphatic carbocycles. The van der Waals surface area contributed by atoms with Gasteiger partial charge in [-0.1, -0.05) is 30.1 Å². The van der Waals surface area contributed by atoms with Crippen molar-refractivity contribution in [1.82, 2.24) is 4.98 Å². The fraction of sp³-hybridized carbons (Fsp3) is 0.583. The lowest BCUT2D eigenvalue weighted by molar-refractivity contribution is 0.195. The lowest BCUT2D eigenvalue weighted by Crippen LogP contribution is -2.20. The molecule has 100 valence electrons.